The first-order chi connectivity index (χ1) is 5.82. The number of rotatable bonds is 1. The fourth-order valence-corrected chi connectivity index (χ4v) is 2.82. The van der Waals surface area contributed by atoms with Crippen LogP contribution in [-0.4, -0.2) is 0 Å². The minimum absolute atomic E-state index is 0.00437. The minimum Gasteiger partial charge on any atom is -0.117 e. The fourth-order valence-electron chi connectivity index (χ4n) is 0.992. The Morgan fingerprint density at radius 1 is 1.31 bits per heavy atom. The van der Waals surface area contributed by atoms with E-state index in [1.165, 1.54) is 11.3 Å². The zero-order valence-corrected chi connectivity index (χ0v) is 10.8. The molecule has 0 saturated heterocycles. The highest BCUT2D eigenvalue weighted by Crippen LogP contribution is 2.45. The van der Waals surface area contributed by atoms with Crippen molar-refractivity contribution in [2.75, 3.05) is 0 Å². The lowest BCUT2D eigenvalue weighted by molar-refractivity contribution is 0.396. The Labute approximate surface area is 97.8 Å². The van der Waals surface area contributed by atoms with Crippen molar-refractivity contribution in [1.29, 1.82) is 0 Å². The molecule has 0 aromatic carbocycles. The molecule has 0 fully saturated rings. The van der Waals surface area contributed by atoms with Crippen molar-refractivity contribution < 1.29 is 0 Å². The molecule has 0 N–H and O–H groups in total. The lowest BCUT2D eigenvalue weighted by atomic mass is 9.88. The summed E-state index contributed by atoms with van der Waals surface area (Å²) in [5.41, 5.74) is 0.932. The van der Waals surface area contributed by atoms with Crippen molar-refractivity contribution in [2.24, 2.45) is 5.41 Å². The van der Waals surface area contributed by atoms with Gasteiger partial charge >= 0.3 is 0 Å². The molecule has 0 bridgehead atoms. The third-order valence-corrected chi connectivity index (χ3v) is 4.12. The molecule has 1 aromatic rings. The highest BCUT2D eigenvalue weighted by atomic mass is 35.5. The molecule has 0 saturated carbocycles. The van der Waals surface area contributed by atoms with E-state index in [9.17, 15) is 0 Å². The SMILES string of the molecule is CC(C)(C)C(Cl)c1cc(Cl)sc1Cl. The maximum atomic E-state index is 6.26. The van der Waals surface area contributed by atoms with Crippen LogP contribution in [0.2, 0.25) is 8.67 Å². The zero-order chi connectivity index (χ0) is 10.2. The molecule has 0 aliphatic heterocycles. The van der Waals surface area contributed by atoms with Gasteiger partial charge < -0.3 is 0 Å². The smallest absolute Gasteiger partial charge is 0.0991 e. The van der Waals surface area contributed by atoms with Gasteiger partial charge in [0.15, 0.2) is 0 Å². The van der Waals surface area contributed by atoms with E-state index in [0.29, 0.717) is 8.67 Å². The molecule has 1 rings (SSSR count). The maximum absolute atomic E-state index is 6.26. The van der Waals surface area contributed by atoms with Gasteiger partial charge in [0.1, 0.15) is 0 Å². The van der Waals surface area contributed by atoms with Gasteiger partial charge in [0.2, 0.25) is 0 Å². The third kappa shape index (κ3) is 2.76. The van der Waals surface area contributed by atoms with Crippen LogP contribution >= 0.6 is 46.1 Å². The summed E-state index contributed by atoms with van der Waals surface area (Å²) in [6, 6.07) is 1.84. The van der Waals surface area contributed by atoms with Crippen LogP contribution in [0.3, 0.4) is 0 Å². The van der Waals surface area contributed by atoms with Crippen LogP contribution in [-0.2, 0) is 0 Å². The van der Waals surface area contributed by atoms with E-state index in [4.69, 9.17) is 34.8 Å². The summed E-state index contributed by atoms with van der Waals surface area (Å²) in [6.45, 7) is 6.23. The van der Waals surface area contributed by atoms with Gasteiger partial charge in [-0.25, -0.2) is 0 Å². The quantitative estimate of drug-likeness (QED) is 0.593. The second kappa shape index (κ2) is 3.98. The van der Waals surface area contributed by atoms with E-state index in [1.807, 2.05) is 6.07 Å². The van der Waals surface area contributed by atoms with Crippen molar-refractivity contribution in [3.8, 4) is 0 Å². The van der Waals surface area contributed by atoms with Crippen molar-refractivity contribution in [2.45, 2.75) is 26.1 Å². The Bertz CT molecular complexity index is 298. The van der Waals surface area contributed by atoms with Gasteiger partial charge in [-0.2, -0.15) is 0 Å². The van der Waals surface area contributed by atoms with Crippen LogP contribution in [0.5, 0.6) is 0 Å². The summed E-state index contributed by atoms with van der Waals surface area (Å²) >= 11 is 19.5. The van der Waals surface area contributed by atoms with Crippen LogP contribution in [0.4, 0.5) is 0 Å². The van der Waals surface area contributed by atoms with Crippen molar-refractivity contribution in [1.82, 2.24) is 0 Å². The monoisotopic (exact) mass is 256 g/mol. The molecule has 0 amide bonds. The molecule has 4 heteroatoms. The molecule has 1 atom stereocenters. The normalized spacial score (nSPS) is 14.6. The van der Waals surface area contributed by atoms with Crippen LogP contribution < -0.4 is 0 Å². The molecule has 0 nitrogen and oxygen atoms in total. The van der Waals surface area contributed by atoms with Crippen LogP contribution in [0.15, 0.2) is 6.07 Å². The molecule has 13 heavy (non-hydrogen) atoms. The second-order valence-electron chi connectivity index (χ2n) is 4.01. The molecule has 1 aromatic heterocycles. The first kappa shape index (κ1) is 11.6. The average Bonchev–Trinajstić information content (AvgIpc) is 2.26. The topological polar surface area (TPSA) is 0 Å². The van der Waals surface area contributed by atoms with E-state index in [2.05, 4.69) is 20.8 Å². The van der Waals surface area contributed by atoms with Gasteiger partial charge in [-0.15, -0.1) is 22.9 Å². The highest BCUT2D eigenvalue weighted by molar-refractivity contribution is 7.20. The van der Waals surface area contributed by atoms with Crippen LogP contribution in [0, 0.1) is 5.41 Å². The van der Waals surface area contributed by atoms with Crippen molar-refractivity contribution >= 4 is 46.1 Å². The minimum atomic E-state index is -0.0938. The van der Waals surface area contributed by atoms with Gasteiger partial charge in [0, 0.05) is 5.56 Å². The van der Waals surface area contributed by atoms with Gasteiger partial charge in [0.25, 0.3) is 0 Å². The predicted octanol–water partition coefficient (Wildman–Crippen LogP) is 5.38. The Kier molecular flexibility index (Phi) is 3.56. The van der Waals surface area contributed by atoms with E-state index >= 15 is 0 Å². The number of thiophene rings is 1. The molecule has 0 aliphatic rings. The zero-order valence-electron chi connectivity index (χ0n) is 7.70. The molecule has 1 unspecified atom stereocenters. The molecular weight excluding hydrogens is 247 g/mol. The molecule has 0 spiro atoms. The van der Waals surface area contributed by atoms with E-state index < -0.39 is 0 Å². The summed E-state index contributed by atoms with van der Waals surface area (Å²) in [5.74, 6) is 0. The Morgan fingerprint density at radius 3 is 2.15 bits per heavy atom. The predicted molar refractivity (Wildman–Crippen MR) is 62.4 cm³/mol. The van der Waals surface area contributed by atoms with E-state index in [1.54, 1.807) is 0 Å². The standard InChI is InChI=1S/C9H11Cl3S/c1-9(2,3)7(11)5-4-6(10)13-8(5)12/h4,7H,1-3H3. The second-order valence-corrected chi connectivity index (χ2v) is 6.73. The van der Waals surface area contributed by atoms with Gasteiger partial charge in [-0.05, 0) is 11.5 Å². The number of hydrogen-bond donors (Lipinski definition) is 0. The van der Waals surface area contributed by atoms with Gasteiger partial charge in [0.05, 0.1) is 14.0 Å². The molecule has 0 aliphatic carbocycles. The van der Waals surface area contributed by atoms with Gasteiger partial charge in [-0.1, -0.05) is 44.0 Å². The lowest BCUT2D eigenvalue weighted by Gasteiger charge is -2.24. The summed E-state index contributed by atoms with van der Waals surface area (Å²) in [5, 5.41) is -0.0938. The molecular formula is C9H11Cl3S. The molecule has 1 heterocycles. The van der Waals surface area contributed by atoms with Gasteiger partial charge in [-0.3, -0.25) is 0 Å². The third-order valence-electron chi connectivity index (χ3n) is 1.72. The van der Waals surface area contributed by atoms with E-state index in [-0.39, 0.29) is 10.8 Å². The van der Waals surface area contributed by atoms with Crippen molar-refractivity contribution in [3.63, 3.8) is 0 Å². The Morgan fingerprint density at radius 2 is 1.85 bits per heavy atom. The van der Waals surface area contributed by atoms with Crippen LogP contribution in [0.25, 0.3) is 0 Å². The first-order valence-electron chi connectivity index (χ1n) is 3.91. The Balaban J connectivity index is 3.01. The molecule has 74 valence electrons. The average molecular weight is 258 g/mol. The summed E-state index contributed by atoms with van der Waals surface area (Å²) in [6.07, 6.45) is 0. The van der Waals surface area contributed by atoms with Crippen LogP contribution in [0.1, 0.15) is 31.7 Å². The largest absolute Gasteiger partial charge is 0.117 e. The molecule has 0 radical (unpaired) electrons. The number of hydrogen-bond acceptors (Lipinski definition) is 1. The summed E-state index contributed by atoms with van der Waals surface area (Å²) in [7, 11) is 0. The fraction of sp³-hybridized carbons (Fsp3) is 0.556. The number of alkyl halides is 1. The highest BCUT2D eigenvalue weighted by Gasteiger charge is 2.27. The van der Waals surface area contributed by atoms with Crippen molar-refractivity contribution in [3.05, 3.63) is 20.3 Å². The lowest BCUT2D eigenvalue weighted by Crippen LogP contribution is -2.12. The number of halogens is 3. The van der Waals surface area contributed by atoms with E-state index in [0.717, 1.165) is 5.56 Å². The summed E-state index contributed by atoms with van der Waals surface area (Å²) < 4.78 is 1.38. The summed E-state index contributed by atoms with van der Waals surface area (Å²) in [4.78, 5) is 0. The maximum Gasteiger partial charge on any atom is 0.0991 e. The first-order valence-corrected chi connectivity index (χ1v) is 5.92. The Hall–Kier alpha value is 0.570.